The third-order valence-corrected chi connectivity index (χ3v) is 5.25. The van der Waals surface area contributed by atoms with Crippen LogP contribution in [0.15, 0.2) is 77.3 Å². The van der Waals surface area contributed by atoms with E-state index in [0.717, 1.165) is 10.9 Å². The van der Waals surface area contributed by atoms with E-state index in [1.54, 1.807) is 25.3 Å². The lowest BCUT2D eigenvalue weighted by molar-refractivity contribution is 0.0969. The first-order valence-electron chi connectivity index (χ1n) is 10.4. The Morgan fingerprint density at radius 1 is 0.939 bits per heavy atom. The van der Waals surface area contributed by atoms with Crippen molar-refractivity contribution in [3.05, 3.63) is 88.4 Å². The summed E-state index contributed by atoms with van der Waals surface area (Å²) in [5, 5.41) is 5.89. The molecule has 3 rings (SSSR count). The highest BCUT2D eigenvalue weighted by atomic mass is 79.9. The summed E-state index contributed by atoms with van der Waals surface area (Å²) < 4.78 is 17.3. The first kappa shape index (κ1) is 24.7. The lowest BCUT2D eigenvalue weighted by atomic mass is 10.2. The molecule has 0 fully saturated rings. The molecule has 2 N–H and O–H groups in total. The second-order valence-electron chi connectivity index (χ2n) is 7.00. The third-order valence-electron chi connectivity index (χ3n) is 4.55. The van der Waals surface area contributed by atoms with E-state index < -0.39 is 0 Å². The molecule has 0 aliphatic heterocycles. The van der Waals surface area contributed by atoms with Gasteiger partial charge in [0.2, 0.25) is 0 Å². The number of hydrogen-bond donors (Lipinski definition) is 2. The number of thiocarbonyl (C=S) groups is 1. The second-order valence-corrected chi connectivity index (χ2v) is 8.33. The monoisotopic (exact) mass is 528 g/mol. The highest BCUT2D eigenvalue weighted by Gasteiger charge is 2.15. The van der Waals surface area contributed by atoms with Gasteiger partial charge in [0.25, 0.3) is 5.91 Å². The number of methoxy groups -OCH3 is 1. The highest BCUT2D eigenvalue weighted by molar-refractivity contribution is 9.10. The minimum atomic E-state index is -0.378. The molecule has 0 aliphatic rings. The van der Waals surface area contributed by atoms with Gasteiger partial charge in [-0.25, -0.2) is 0 Å². The van der Waals surface area contributed by atoms with Gasteiger partial charge >= 0.3 is 0 Å². The summed E-state index contributed by atoms with van der Waals surface area (Å²) >= 11 is 8.72. The van der Waals surface area contributed by atoms with Crippen LogP contribution in [0.4, 0.5) is 5.69 Å². The second kappa shape index (κ2) is 12.9. The zero-order valence-corrected chi connectivity index (χ0v) is 20.6. The summed E-state index contributed by atoms with van der Waals surface area (Å²) in [5.41, 5.74) is 2.29. The van der Waals surface area contributed by atoms with Gasteiger partial charge in [0.05, 0.1) is 18.8 Å². The van der Waals surface area contributed by atoms with Crippen molar-refractivity contribution in [2.24, 2.45) is 0 Å². The first-order chi connectivity index (χ1) is 16.0. The largest absolute Gasteiger partial charge is 0.493 e. The average Bonchev–Trinajstić information content (AvgIpc) is 2.81. The maximum Gasteiger partial charge on any atom is 0.261 e. The zero-order valence-electron chi connectivity index (χ0n) is 18.2. The van der Waals surface area contributed by atoms with E-state index in [0.29, 0.717) is 42.6 Å². The van der Waals surface area contributed by atoms with Gasteiger partial charge in [0.1, 0.15) is 18.1 Å². The van der Waals surface area contributed by atoms with Crippen molar-refractivity contribution in [3.8, 4) is 11.5 Å². The predicted molar refractivity (Wildman–Crippen MR) is 137 cm³/mol. The number of carbonyl (C=O) groups is 1. The SMILES string of the molecule is COCCOc1ccc(Br)cc1C(=O)NC(=S)Nc1cccc(OCCc2ccccc2)c1. The molecule has 6 nitrogen and oxygen atoms in total. The fourth-order valence-electron chi connectivity index (χ4n) is 2.97. The summed E-state index contributed by atoms with van der Waals surface area (Å²) in [6, 6.07) is 22.8. The summed E-state index contributed by atoms with van der Waals surface area (Å²) in [6.07, 6.45) is 0.814. The number of rotatable bonds is 10. The fourth-order valence-corrected chi connectivity index (χ4v) is 3.54. The number of anilines is 1. The van der Waals surface area contributed by atoms with Crippen molar-refractivity contribution in [3.63, 3.8) is 0 Å². The van der Waals surface area contributed by atoms with Crippen LogP contribution in [0.3, 0.4) is 0 Å². The van der Waals surface area contributed by atoms with Gasteiger partial charge in [0, 0.05) is 29.8 Å². The Labute approximate surface area is 207 Å². The van der Waals surface area contributed by atoms with E-state index in [1.807, 2.05) is 42.5 Å². The molecule has 0 heterocycles. The topological polar surface area (TPSA) is 68.8 Å². The summed E-state index contributed by atoms with van der Waals surface area (Å²) in [7, 11) is 1.59. The molecule has 0 aliphatic carbocycles. The Morgan fingerprint density at radius 2 is 1.76 bits per heavy atom. The van der Waals surface area contributed by atoms with Crippen molar-refractivity contribution in [2.75, 3.05) is 32.2 Å². The molecule has 0 unspecified atom stereocenters. The average molecular weight is 529 g/mol. The van der Waals surface area contributed by atoms with Gasteiger partial charge in [-0.15, -0.1) is 0 Å². The Hall–Kier alpha value is -2.94. The molecule has 0 radical (unpaired) electrons. The van der Waals surface area contributed by atoms with Crippen LogP contribution < -0.4 is 20.1 Å². The number of halogens is 1. The number of benzene rings is 3. The lowest BCUT2D eigenvalue weighted by Crippen LogP contribution is -2.34. The van der Waals surface area contributed by atoms with Crippen molar-refractivity contribution >= 4 is 44.9 Å². The van der Waals surface area contributed by atoms with Crippen LogP contribution in [0.5, 0.6) is 11.5 Å². The normalized spacial score (nSPS) is 10.4. The van der Waals surface area contributed by atoms with Gasteiger partial charge in [-0.3, -0.25) is 10.1 Å². The van der Waals surface area contributed by atoms with Gasteiger partial charge in [0.15, 0.2) is 5.11 Å². The third kappa shape index (κ3) is 8.16. The number of carbonyl (C=O) groups excluding carboxylic acids is 1. The number of nitrogens with one attached hydrogen (secondary N) is 2. The van der Waals surface area contributed by atoms with Crippen LogP contribution >= 0.6 is 28.1 Å². The van der Waals surface area contributed by atoms with Gasteiger partial charge < -0.3 is 19.5 Å². The molecule has 8 heteroatoms. The highest BCUT2D eigenvalue weighted by Crippen LogP contribution is 2.23. The molecule has 0 aromatic heterocycles. The predicted octanol–water partition coefficient (Wildman–Crippen LogP) is 5.22. The minimum absolute atomic E-state index is 0.171. The zero-order chi connectivity index (χ0) is 23.5. The van der Waals surface area contributed by atoms with Crippen LogP contribution in [0, 0.1) is 0 Å². The van der Waals surface area contributed by atoms with Crippen LogP contribution in [-0.4, -0.2) is 38.0 Å². The molecule has 0 spiro atoms. The fraction of sp³-hybridized carbons (Fsp3) is 0.200. The number of hydrogen-bond acceptors (Lipinski definition) is 5. The maximum absolute atomic E-state index is 12.8. The summed E-state index contributed by atoms with van der Waals surface area (Å²) in [5.74, 6) is 0.784. The molecule has 0 bridgehead atoms. The molecular formula is C25H25BrN2O4S. The summed E-state index contributed by atoms with van der Waals surface area (Å²) in [6.45, 7) is 1.31. The smallest absolute Gasteiger partial charge is 0.261 e. The molecule has 1 amide bonds. The van der Waals surface area contributed by atoms with Crippen molar-refractivity contribution < 1.29 is 19.0 Å². The standard InChI is InChI=1S/C25H25BrN2O4S/c1-30-14-15-32-23-11-10-19(26)16-22(23)24(29)28-25(33)27-20-8-5-9-21(17-20)31-13-12-18-6-3-2-4-7-18/h2-11,16-17H,12-15H2,1H3,(H2,27,28,29,33). The Morgan fingerprint density at radius 3 is 2.55 bits per heavy atom. The molecule has 172 valence electrons. The van der Waals surface area contributed by atoms with Crippen molar-refractivity contribution in [1.29, 1.82) is 0 Å². The van der Waals surface area contributed by atoms with Gasteiger partial charge in [-0.2, -0.15) is 0 Å². The molecule has 0 saturated carbocycles. The van der Waals surface area contributed by atoms with Crippen molar-refractivity contribution in [2.45, 2.75) is 6.42 Å². The van der Waals surface area contributed by atoms with Crippen LogP contribution in [-0.2, 0) is 11.2 Å². The van der Waals surface area contributed by atoms with E-state index in [1.165, 1.54) is 5.56 Å². The maximum atomic E-state index is 12.8. The molecular weight excluding hydrogens is 504 g/mol. The lowest BCUT2D eigenvalue weighted by Gasteiger charge is -2.14. The van der Waals surface area contributed by atoms with Crippen LogP contribution in [0.2, 0.25) is 0 Å². The number of amides is 1. The van der Waals surface area contributed by atoms with Gasteiger partial charge in [-0.1, -0.05) is 52.3 Å². The Kier molecular flexibility index (Phi) is 9.68. The van der Waals surface area contributed by atoms with E-state index >= 15 is 0 Å². The van der Waals surface area contributed by atoms with E-state index in [4.69, 9.17) is 26.4 Å². The van der Waals surface area contributed by atoms with E-state index in [2.05, 4.69) is 38.7 Å². The van der Waals surface area contributed by atoms with E-state index in [9.17, 15) is 4.79 Å². The summed E-state index contributed by atoms with van der Waals surface area (Å²) in [4.78, 5) is 12.8. The Bertz CT molecular complexity index is 1080. The Balaban J connectivity index is 1.55. The molecule has 3 aromatic rings. The number of ether oxygens (including phenoxy) is 3. The van der Waals surface area contributed by atoms with E-state index in [-0.39, 0.29) is 11.0 Å². The van der Waals surface area contributed by atoms with Crippen molar-refractivity contribution in [1.82, 2.24) is 5.32 Å². The van der Waals surface area contributed by atoms with Crippen LogP contribution in [0.25, 0.3) is 0 Å². The first-order valence-corrected chi connectivity index (χ1v) is 11.6. The van der Waals surface area contributed by atoms with Crippen LogP contribution in [0.1, 0.15) is 15.9 Å². The molecule has 33 heavy (non-hydrogen) atoms. The quantitative estimate of drug-likeness (QED) is 0.277. The van der Waals surface area contributed by atoms with Gasteiger partial charge in [-0.05, 0) is 48.1 Å². The minimum Gasteiger partial charge on any atom is -0.493 e. The molecule has 0 saturated heterocycles. The molecule has 3 aromatic carbocycles. The molecule has 0 atom stereocenters.